The number of carbonyl (C=O) groups is 2. The Morgan fingerprint density at radius 2 is 2.05 bits per heavy atom. The molecule has 0 spiro atoms. The van der Waals surface area contributed by atoms with Gasteiger partial charge in [0, 0.05) is 12.1 Å². The average molecular weight is 288 g/mol. The molecule has 1 rings (SSSR count). The lowest BCUT2D eigenvalue weighted by molar-refractivity contribution is -0.153. The lowest BCUT2D eigenvalue weighted by atomic mass is 10.1. The summed E-state index contributed by atoms with van der Waals surface area (Å²) in [6.45, 7) is 5.56. The molecule has 0 aromatic heterocycles. The average Bonchev–Trinajstić information content (AvgIpc) is 2.45. The van der Waals surface area contributed by atoms with Crippen molar-refractivity contribution in [3.63, 3.8) is 0 Å². The lowest BCUT2D eigenvalue weighted by Gasteiger charge is -2.14. The van der Waals surface area contributed by atoms with Gasteiger partial charge in [-0.05, 0) is 37.5 Å². The molecule has 1 atom stereocenters. The van der Waals surface area contributed by atoms with Crippen molar-refractivity contribution in [2.75, 3.05) is 5.32 Å². The largest absolute Gasteiger partial charge is 0.453 e. The number of carbonyl (C=O) groups excluding carboxylic acids is 2. The number of benzene rings is 1. The van der Waals surface area contributed by atoms with Crippen molar-refractivity contribution in [3.05, 3.63) is 29.8 Å². The van der Waals surface area contributed by atoms with Crippen LogP contribution in [-0.4, -0.2) is 18.0 Å². The first-order valence-corrected chi connectivity index (χ1v) is 6.93. The van der Waals surface area contributed by atoms with E-state index in [9.17, 15) is 9.59 Å². The number of hydrogen-bond donors (Lipinski definition) is 1. The summed E-state index contributed by atoms with van der Waals surface area (Å²) in [7, 11) is 0. The SMILES string of the molecule is CC(C)CCC(=O)O[C@@H](C)C(=O)Nc1cccc(C#N)c1. The number of nitrogens with one attached hydrogen (secondary N) is 1. The third-order valence-corrected chi connectivity index (χ3v) is 2.86. The minimum absolute atomic E-state index is 0.305. The number of hydrogen-bond acceptors (Lipinski definition) is 4. The van der Waals surface area contributed by atoms with E-state index in [1.165, 1.54) is 6.92 Å². The number of nitrogens with zero attached hydrogens (tertiary/aromatic N) is 1. The van der Waals surface area contributed by atoms with Crippen LogP contribution < -0.4 is 5.32 Å². The zero-order valence-corrected chi connectivity index (χ0v) is 12.6. The number of rotatable bonds is 6. The van der Waals surface area contributed by atoms with E-state index in [4.69, 9.17) is 10.00 Å². The molecular weight excluding hydrogens is 268 g/mol. The van der Waals surface area contributed by atoms with Crippen LogP contribution in [0.15, 0.2) is 24.3 Å². The standard InChI is InChI=1S/C16H20N2O3/c1-11(2)7-8-15(19)21-12(3)16(20)18-14-6-4-5-13(9-14)10-17/h4-6,9,11-12H,7-8H2,1-3H3,(H,18,20)/t12-/m0/s1. The molecule has 0 aliphatic rings. The second-order valence-electron chi connectivity index (χ2n) is 5.25. The van der Waals surface area contributed by atoms with E-state index in [0.717, 1.165) is 6.42 Å². The predicted molar refractivity (Wildman–Crippen MR) is 79.4 cm³/mol. The van der Waals surface area contributed by atoms with Gasteiger partial charge in [-0.3, -0.25) is 9.59 Å². The van der Waals surface area contributed by atoms with Gasteiger partial charge in [0.15, 0.2) is 6.10 Å². The van der Waals surface area contributed by atoms with Crippen molar-refractivity contribution in [1.29, 1.82) is 5.26 Å². The van der Waals surface area contributed by atoms with Crippen molar-refractivity contribution in [3.8, 4) is 6.07 Å². The third-order valence-electron chi connectivity index (χ3n) is 2.86. The zero-order chi connectivity index (χ0) is 15.8. The topological polar surface area (TPSA) is 79.2 Å². The Labute approximate surface area is 124 Å². The Morgan fingerprint density at radius 3 is 2.67 bits per heavy atom. The van der Waals surface area contributed by atoms with Gasteiger partial charge >= 0.3 is 5.97 Å². The maximum Gasteiger partial charge on any atom is 0.306 e. The number of nitriles is 1. The molecule has 21 heavy (non-hydrogen) atoms. The molecule has 1 N–H and O–H groups in total. The molecule has 0 fully saturated rings. The second-order valence-corrected chi connectivity index (χ2v) is 5.25. The Bertz CT molecular complexity index is 547. The summed E-state index contributed by atoms with van der Waals surface area (Å²) in [5, 5.41) is 11.4. The van der Waals surface area contributed by atoms with Crippen LogP contribution in [0.4, 0.5) is 5.69 Å². The second kappa shape index (κ2) is 8.05. The lowest BCUT2D eigenvalue weighted by Crippen LogP contribution is -2.30. The molecule has 0 bridgehead atoms. The summed E-state index contributed by atoms with van der Waals surface area (Å²) >= 11 is 0. The van der Waals surface area contributed by atoms with Gasteiger partial charge in [-0.1, -0.05) is 19.9 Å². The molecule has 0 saturated heterocycles. The highest BCUT2D eigenvalue weighted by molar-refractivity contribution is 5.95. The van der Waals surface area contributed by atoms with E-state index in [-0.39, 0.29) is 5.97 Å². The molecule has 0 aliphatic heterocycles. The molecule has 0 saturated carbocycles. The van der Waals surface area contributed by atoms with Crippen LogP contribution in [0, 0.1) is 17.2 Å². The van der Waals surface area contributed by atoms with Crippen LogP contribution in [0.25, 0.3) is 0 Å². The summed E-state index contributed by atoms with van der Waals surface area (Å²) in [4.78, 5) is 23.5. The molecule has 1 aromatic carbocycles. The van der Waals surface area contributed by atoms with E-state index >= 15 is 0 Å². The highest BCUT2D eigenvalue weighted by Crippen LogP contribution is 2.11. The Hall–Kier alpha value is -2.35. The van der Waals surface area contributed by atoms with Gasteiger partial charge in [0.2, 0.25) is 0 Å². The molecule has 1 amide bonds. The molecule has 0 unspecified atom stereocenters. The summed E-state index contributed by atoms with van der Waals surface area (Å²) in [6.07, 6.45) is 0.173. The van der Waals surface area contributed by atoms with Crippen molar-refractivity contribution >= 4 is 17.6 Å². The van der Waals surface area contributed by atoms with Gasteiger partial charge < -0.3 is 10.1 Å². The Kier molecular flexibility index (Phi) is 6.41. The quantitative estimate of drug-likeness (QED) is 0.816. The number of amides is 1. The maximum atomic E-state index is 11.9. The molecule has 0 radical (unpaired) electrons. The fourth-order valence-electron chi connectivity index (χ4n) is 1.63. The van der Waals surface area contributed by atoms with Crippen molar-refractivity contribution < 1.29 is 14.3 Å². The third kappa shape index (κ3) is 6.09. The minimum atomic E-state index is -0.865. The summed E-state index contributed by atoms with van der Waals surface area (Å²) in [5.41, 5.74) is 0.957. The van der Waals surface area contributed by atoms with Gasteiger partial charge in [-0.15, -0.1) is 0 Å². The molecular formula is C16H20N2O3. The first-order valence-electron chi connectivity index (χ1n) is 6.93. The summed E-state index contributed by atoms with van der Waals surface area (Å²) in [5.74, 6) is -0.379. The van der Waals surface area contributed by atoms with Gasteiger partial charge in [-0.2, -0.15) is 5.26 Å². The normalized spacial score (nSPS) is 11.6. The van der Waals surface area contributed by atoms with Gasteiger partial charge in [0.05, 0.1) is 11.6 Å². The number of esters is 1. The highest BCUT2D eigenvalue weighted by Gasteiger charge is 2.18. The molecule has 5 nitrogen and oxygen atoms in total. The van der Waals surface area contributed by atoms with Crippen molar-refractivity contribution in [2.24, 2.45) is 5.92 Å². The molecule has 1 aromatic rings. The molecule has 112 valence electrons. The van der Waals surface area contributed by atoms with Crippen LogP contribution in [0.1, 0.15) is 39.2 Å². The van der Waals surface area contributed by atoms with Crippen molar-refractivity contribution in [1.82, 2.24) is 0 Å². The summed E-state index contributed by atoms with van der Waals surface area (Å²) < 4.78 is 5.08. The van der Waals surface area contributed by atoms with E-state index in [1.54, 1.807) is 24.3 Å². The van der Waals surface area contributed by atoms with Crippen LogP contribution in [0.5, 0.6) is 0 Å². The van der Waals surface area contributed by atoms with E-state index in [2.05, 4.69) is 5.32 Å². The number of ether oxygens (including phenoxy) is 1. The molecule has 0 aliphatic carbocycles. The van der Waals surface area contributed by atoms with E-state index in [0.29, 0.717) is 23.6 Å². The van der Waals surface area contributed by atoms with E-state index < -0.39 is 12.0 Å². The fourth-order valence-corrected chi connectivity index (χ4v) is 1.63. The molecule has 5 heteroatoms. The van der Waals surface area contributed by atoms with Crippen molar-refractivity contribution in [2.45, 2.75) is 39.7 Å². The van der Waals surface area contributed by atoms with Crippen LogP contribution in [0.2, 0.25) is 0 Å². The first kappa shape index (κ1) is 16.7. The van der Waals surface area contributed by atoms with Crippen LogP contribution >= 0.6 is 0 Å². The first-order chi connectivity index (χ1) is 9.92. The van der Waals surface area contributed by atoms with Gasteiger partial charge in [0.25, 0.3) is 5.91 Å². The minimum Gasteiger partial charge on any atom is -0.453 e. The maximum absolute atomic E-state index is 11.9. The highest BCUT2D eigenvalue weighted by atomic mass is 16.5. The van der Waals surface area contributed by atoms with Crippen LogP contribution in [0.3, 0.4) is 0 Å². The monoisotopic (exact) mass is 288 g/mol. The number of anilines is 1. The summed E-state index contributed by atoms with van der Waals surface area (Å²) in [6, 6.07) is 8.54. The fraction of sp³-hybridized carbons (Fsp3) is 0.438. The van der Waals surface area contributed by atoms with Gasteiger partial charge in [0.1, 0.15) is 0 Å². The van der Waals surface area contributed by atoms with Crippen LogP contribution in [-0.2, 0) is 14.3 Å². The Morgan fingerprint density at radius 1 is 1.33 bits per heavy atom. The Balaban J connectivity index is 2.51. The molecule has 0 heterocycles. The van der Waals surface area contributed by atoms with E-state index in [1.807, 2.05) is 19.9 Å². The predicted octanol–water partition coefficient (Wildman–Crippen LogP) is 2.86. The smallest absolute Gasteiger partial charge is 0.306 e. The zero-order valence-electron chi connectivity index (χ0n) is 12.6. The van der Waals surface area contributed by atoms with Gasteiger partial charge in [-0.25, -0.2) is 0 Å².